The first-order valence-electron chi connectivity index (χ1n) is 4.59. The number of para-hydroxylation sites is 1. The van der Waals surface area contributed by atoms with Crippen LogP contribution in [-0.4, -0.2) is 10.2 Å². The smallest absolute Gasteiger partial charge is 0.242 e. The Kier molecular flexibility index (Phi) is 3.18. The molecule has 0 spiro atoms. The molecule has 0 amide bonds. The van der Waals surface area contributed by atoms with Gasteiger partial charge in [-0.3, -0.25) is 4.79 Å². The lowest BCUT2D eigenvalue weighted by molar-refractivity contribution is -0.107. The fraction of sp³-hybridized carbons (Fsp3) is 0. The van der Waals surface area contributed by atoms with Crippen molar-refractivity contribution in [2.45, 2.75) is 0 Å². The number of hydrogen-bond donors (Lipinski definition) is 1. The van der Waals surface area contributed by atoms with Crippen molar-refractivity contribution in [3.63, 3.8) is 0 Å². The van der Waals surface area contributed by atoms with Crippen LogP contribution in [0.4, 0.5) is 5.69 Å². The van der Waals surface area contributed by atoms with Gasteiger partial charge in [0.1, 0.15) is 22.4 Å². The summed E-state index contributed by atoms with van der Waals surface area (Å²) in [5, 5.41) is 9.30. The molecule has 17 heavy (non-hydrogen) atoms. The second-order valence-electron chi connectivity index (χ2n) is 3.16. The molecule has 0 bridgehead atoms. The van der Waals surface area contributed by atoms with Crippen LogP contribution in [0, 0.1) is 11.3 Å². The lowest BCUT2D eigenvalue weighted by atomic mass is 10.2. The van der Waals surface area contributed by atoms with Crippen molar-refractivity contribution in [2.75, 3.05) is 0 Å². The van der Waals surface area contributed by atoms with Gasteiger partial charge in [-0.1, -0.05) is 23.7 Å². The van der Waals surface area contributed by atoms with Crippen LogP contribution in [0.1, 0.15) is 0 Å². The Labute approximate surface area is 107 Å². The number of halogens is 1. The summed E-state index contributed by atoms with van der Waals surface area (Å²) in [7, 11) is 0. The van der Waals surface area contributed by atoms with Crippen LogP contribution in [0.25, 0.3) is 0 Å². The largest absolute Gasteiger partial charge is 0.394 e. The van der Waals surface area contributed by atoms with Crippen LogP contribution in [0.2, 0.25) is 5.02 Å². The van der Waals surface area contributed by atoms with Gasteiger partial charge < -0.3 is 5.73 Å². The van der Waals surface area contributed by atoms with Gasteiger partial charge in [0, 0.05) is 0 Å². The van der Waals surface area contributed by atoms with Gasteiger partial charge in [-0.25, -0.2) is 4.99 Å². The summed E-state index contributed by atoms with van der Waals surface area (Å²) in [6.45, 7) is 0. The van der Waals surface area contributed by atoms with E-state index in [2.05, 4.69) is 4.99 Å². The van der Waals surface area contributed by atoms with Gasteiger partial charge in [-0.15, -0.1) is 0 Å². The zero-order chi connectivity index (χ0) is 12.4. The van der Waals surface area contributed by atoms with Crippen LogP contribution in [0.3, 0.4) is 0 Å². The van der Waals surface area contributed by atoms with Crippen molar-refractivity contribution in [3.05, 3.63) is 40.6 Å². The third kappa shape index (κ3) is 2.18. The lowest BCUT2D eigenvalue weighted by Crippen LogP contribution is -2.04. The topological polar surface area (TPSA) is 79.2 Å². The average Bonchev–Trinajstić information content (AvgIpc) is 2.58. The molecule has 0 aromatic heterocycles. The van der Waals surface area contributed by atoms with Crippen molar-refractivity contribution in [1.82, 2.24) is 0 Å². The SMILES string of the molecule is N#CC1=C(N)C(=O)SC1=Nc1ccccc1Cl. The van der Waals surface area contributed by atoms with Crippen molar-refractivity contribution in [2.24, 2.45) is 10.7 Å². The molecule has 0 saturated carbocycles. The third-order valence-electron chi connectivity index (χ3n) is 2.08. The summed E-state index contributed by atoms with van der Waals surface area (Å²) in [5.74, 6) is 0. The standard InChI is InChI=1S/C11H6ClN3OS/c12-7-3-1-2-4-8(7)15-10-6(5-13)9(14)11(16)17-10/h1-4H,14H2. The summed E-state index contributed by atoms with van der Waals surface area (Å²) in [4.78, 5) is 15.5. The molecule has 1 aliphatic heterocycles. The minimum atomic E-state index is -0.354. The summed E-state index contributed by atoms with van der Waals surface area (Å²) in [6, 6.07) is 8.80. The molecule has 0 radical (unpaired) electrons. The number of hydrogen-bond acceptors (Lipinski definition) is 5. The first-order chi connectivity index (χ1) is 8.13. The van der Waals surface area contributed by atoms with E-state index in [4.69, 9.17) is 22.6 Å². The summed E-state index contributed by atoms with van der Waals surface area (Å²) in [6.07, 6.45) is 0. The van der Waals surface area contributed by atoms with Gasteiger partial charge in [0.05, 0.1) is 10.7 Å². The van der Waals surface area contributed by atoms with Crippen molar-refractivity contribution >= 4 is 39.2 Å². The minimum absolute atomic E-state index is 0.0525. The number of nitrogens with two attached hydrogens (primary N) is 1. The van der Waals surface area contributed by atoms with E-state index < -0.39 is 0 Å². The van der Waals surface area contributed by atoms with Crippen LogP contribution in [0.15, 0.2) is 40.5 Å². The zero-order valence-electron chi connectivity index (χ0n) is 8.48. The molecule has 0 atom stereocenters. The Hall–Kier alpha value is -1.77. The highest BCUT2D eigenvalue weighted by Crippen LogP contribution is 2.31. The quantitative estimate of drug-likeness (QED) is 0.844. The minimum Gasteiger partial charge on any atom is -0.394 e. The molecule has 0 saturated heterocycles. The monoisotopic (exact) mass is 263 g/mol. The van der Waals surface area contributed by atoms with E-state index >= 15 is 0 Å². The van der Waals surface area contributed by atoms with Crippen LogP contribution in [0.5, 0.6) is 0 Å². The number of benzene rings is 1. The number of nitrogens with zero attached hydrogens (tertiary/aromatic N) is 2. The van der Waals surface area contributed by atoms with Crippen molar-refractivity contribution < 1.29 is 4.79 Å². The molecular weight excluding hydrogens is 258 g/mol. The Morgan fingerprint density at radius 3 is 2.76 bits per heavy atom. The Morgan fingerprint density at radius 1 is 1.41 bits per heavy atom. The predicted molar refractivity (Wildman–Crippen MR) is 68.0 cm³/mol. The Bertz CT molecular complexity index is 601. The zero-order valence-corrected chi connectivity index (χ0v) is 10.0. The van der Waals surface area contributed by atoms with Gasteiger partial charge in [0.25, 0.3) is 0 Å². The normalized spacial score (nSPS) is 17.6. The van der Waals surface area contributed by atoms with Gasteiger partial charge in [-0.05, 0) is 23.9 Å². The highest BCUT2D eigenvalue weighted by Gasteiger charge is 2.28. The highest BCUT2D eigenvalue weighted by atomic mass is 35.5. The number of aliphatic imine (C=N–C) groups is 1. The fourth-order valence-corrected chi connectivity index (χ4v) is 2.22. The van der Waals surface area contributed by atoms with Gasteiger partial charge in [0.15, 0.2) is 0 Å². The molecule has 1 heterocycles. The highest BCUT2D eigenvalue weighted by molar-refractivity contribution is 8.27. The maximum absolute atomic E-state index is 11.3. The molecular formula is C11H6ClN3OS. The van der Waals surface area contributed by atoms with E-state index in [-0.39, 0.29) is 16.4 Å². The van der Waals surface area contributed by atoms with E-state index in [0.717, 1.165) is 11.8 Å². The molecule has 2 rings (SSSR count). The number of carbonyl (C=O) groups is 1. The van der Waals surface area contributed by atoms with Crippen LogP contribution >= 0.6 is 23.4 Å². The number of nitriles is 1. The van der Waals surface area contributed by atoms with Gasteiger partial charge in [0.2, 0.25) is 5.12 Å². The second-order valence-corrected chi connectivity index (χ2v) is 4.53. The summed E-state index contributed by atoms with van der Waals surface area (Å²) >= 11 is 6.78. The van der Waals surface area contributed by atoms with Gasteiger partial charge >= 0.3 is 0 Å². The Balaban J connectivity index is 2.48. The Morgan fingerprint density at radius 2 is 2.12 bits per heavy atom. The second kappa shape index (κ2) is 4.62. The maximum atomic E-state index is 11.3. The number of carbonyl (C=O) groups excluding carboxylic acids is 1. The first kappa shape index (κ1) is 11.7. The average molecular weight is 264 g/mol. The molecule has 84 valence electrons. The third-order valence-corrected chi connectivity index (χ3v) is 3.29. The van der Waals surface area contributed by atoms with Gasteiger partial charge in [-0.2, -0.15) is 5.26 Å². The molecule has 1 aliphatic rings. The molecule has 1 aromatic rings. The molecule has 0 aliphatic carbocycles. The number of rotatable bonds is 1. The van der Waals surface area contributed by atoms with Crippen molar-refractivity contribution in [3.8, 4) is 6.07 Å². The molecule has 0 fully saturated rings. The van der Waals surface area contributed by atoms with Crippen molar-refractivity contribution in [1.29, 1.82) is 5.26 Å². The lowest BCUT2D eigenvalue weighted by Gasteiger charge is -1.98. The van der Waals surface area contributed by atoms with E-state index in [9.17, 15) is 4.79 Å². The van der Waals surface area contributed by atoms with E-state index in [1.165, 1.54) is 0 Å². The van der Waals surface area contributed by atoms with E-state index in [1.807, 2.05) is 6.07 Å². The van der Waals surface area contributed by atoms with E-state index in [1.54, 1.807) is 24.3 Å². The fourth-order valence-electron chi connectivity index (χ4n) is 1.25. The molecule has 2 N–H and O–H groups in total. The van der Waals surface area contributed by atoms with Crippen LogP contribution < -0.4 is 5.73 Å². The molecule has 0 unspecified atom stereocenters. The van der Waals surface area contributed by atoms with Crippen LogP contribution in [-0.2, 0) is 4.79 Å². The predicted octanol–water partition coefficient (Wildman–Crippen LogP) is 2.38. The molecule has 1 aromatic carbocycles. The number of thioether (sulfide) groups is 1. The molecule has 6 heteroatoms. The summed E-state index contributed by atoms with van der Waals surface area (Å²) in [5.41, 5.74) is 6.05. The van der Waals surface area contributed by atoms with E-state index in [0.29, 0.717) is 15.8 Å². The molecule has 4 nitrogen and oxygen atoms in total. The first-order valence-corrected chi connectivity index (χ1v) is 5.78. The maximum Gasteiger partial charge on any atom is 0.242 e. The summed E-state index contributed by atoms with van der Waals surface area (Å²) < 4.78 is 0.